The van der Waals surface area contributed by atoms with Gasteiger partial charge in [0.2, 0.25) is 0 Å². The molecule has 1 aliphatic carbocycles. The maximum absolute atomic E-state index is 5.42. The summed E-state index contributed by atoms with van der Waals surface area (Å²) in [5.41, 5.74) is 1.15. The number of ether oxygens (including phenoxy) is 1. The Bertz CT molecular complexity index is 516. The van der Waals surface area contributed by atoms with Crippen LogP contribution >= 0.6 is 0 Å². The minimum atomic E-state index is 0.355. The number of furan rings is 1. The van der Waals surface area contributed by atoms with Gasteiger partial charge in [-0.15, -0.1) is 5.10 Å². The topological polar surface area (TPSA) is 65.1 Å². The summed E-state index contributed by atoms with van der Waals surface area (Å²) in [7, 11) is 1.80. The van der Waals surface area contributed by atoms with Crippen molar-refractivity contribution < 1.29 is 9.15 Å². The highest BCUT2D eigenvalue weighted by Gasteiger charge is 2.20. The molecule has 2 heterocycles. The molecule has 1 saturated carbocycles. The molecule has 1 N–H and O–H groups in total. The van der Waals surface area contributed by atoms with Gasteiger partial charge in [0.05, 0.1) is 6.26 Å². The molecular formula is C12H16N4O2. The number of aromatic nitrogens is 3. The fraction of sp³-hybridized carbons (Fsp3) is 0.500. The summed E-state index contributed by atoms with van der Waals surface area (Å²) in [5.74, 6) is 0.787. The average molecular weight is 248 g/mol. The monoisotopic (exact) mass is 248 g/mol. The molecule has 0 aliphatic heterocycles. The highest BCUT2D eigenvalue weighted by Crippen LogP contribution is 2.19. The van der Waals surface area contributed by atoms with Gasteiger partial charge in [0, 0.05) is 25.2 Å². The normalized spacial score (nSPS) is 14.9. The lowest BCUT2D eigenvalue weighted by atomic mass is 10.3. The Labute approximate surface area is 105 Å². The summed E-state index contributed by atoms with van der Waals surface area (Å²) < 4.78 is 12.4. The smallest absolute Gasteiger partial charge is 0.335 e. The molecule has 0 saturated heterocycles. The van der Waals surface area contributed by atoms with E-state index in [9.17, 15) is 0 Å². The molecule has 96 valence electrons. The molecule has 3 rings (SSSR count). The van der Waals surface area contributed by atoms with Crippen LogP contribution in [-0.4, -0.2) is 20.8 Å². The summed E-state index contributed by atoms with van der Waals surface area (Å²) in [6.07, 6.45) is 5.95. The standard InChI is InChI=1S/C12H16N4O2/c1-16-8-14-12(15-16)18-7-11-4-9(6-17-11)5-13-10-2-3-10/h4,6,8,10,13H,2-3,5,7H2,1H3. The number of rotatable bonds is 6. The summed E-state index contributed by atoms with van der Waals surface area (Å²) in [4.78, 5) is 3.98. The van der Waals surface area contributed by atoms with E-state index in [2.05, 4.69) is 15.4 Å². The molecule has 6 nitrogen and oxygen atoms in total. The predicted octanol–water partition coefficient (Wildman–Crippen LogP) is 1.24. The lowest BCUT2D eigenvalue weighted by Crippen LogP contribution is -2.14. The first-order valence-electron chi connectivity index (χ1n) is 6.08. The summed E-state index contributed by atoms with van der Waals surface area (Å²) >= 11 is 0. The third kappa shape index (κ3) is 2.89. The number of nitrogens with zero attached hydrogens (tertiary/aromatic N) is 3. The number of hydrogen-bond donors (Lipinski definition) is 1. The third-order valence-corrected chi connectivity index (χ3v) is 2.80. The first-order valence-corrected chi connectivity index (χ1v) is 6.08. The van der Waals surface area contributed by atoms with Crippen LogP contribution < -0.4 is 10.1 Å². The van der Waals surface area contributed by atoms with Crippen LogP contribution in [0.25, 0.3) is 0 Å². The molecule has 1 aliphatic rings. The van der Waals surface area contributed by atoms with Crippen molar-refractivity contribution in [1.29, 1.82) is 0 Å². The van der Waals surface area contributed by atoms with E-state index in [1.807, 2.05) is 6.07 Å². The minimum Gasteiger partial charge on any atom is -0.465 e. The lowest BCUT2D eigenvalue weighted by molar-refractivity contribution is 0.249. The lowest BCUT2D eigenvalue weighted by Gasteiger charge is -1.98. The fourth-order valence-corrected chi connectivity index (χ4v) is 1.67. The maximum atomic E-state index is 5.42. The Morgan fingerprint density at radius 2 is 2.44 bits per heavy atom. The SMILES string of the molecule is Cn1cnc(OCc2cc(CNC3CC3)co2)n1. The van der Waals surface area contributed by atoms with Crippen LogP contribution in [-0.2, 0) is 20.2 Å². The van der Waals surface area contributed by atoms with E-state index in [4.69, 9.17) is 9.15 Å². The van der Waals surface area contributed by atoms with Gasteiger partial charge in [-0.1, -0.05) is 0 Å². The molecule has 0 spiro atoms. The Hall–Kier alpha value is -1.82. The molecule has 1 fully saturated rings. The third-order valence-electron chi connectivity index (χ3n) is 2.80. The van der Waals surface area contributed by atoms with Crippen molar-refractivity contribution in [2.24, 2.45) is 7.05 Å². The fourth-order valence-electron chi connectivity index (χ4n) is 1.67. The van der Waals surface area contributed by atoms with Gasteiger partial charge in [-0.3, -0.25) is 4.68 Å². The Balaban J connectivity index is 1.49. The Morgan fingerprint density at radius 1 is 1.56 bits per heavy atom. The number of nitrogens with one attached hydrogen (secondary N) is 1. The minimum absolute atomic E-state index is 0.355. The molecular weight excluding hydrogens is 232 g/mol. The van der Waals surface area contributed by atoms with Gasteiger partial charge in [0.15, 0.2) is 0 Å². The van der Waals surface area contributed by atoms with Gasteiger partial charge in [-0.05, 0) is 18.9 Å². The summed E-state index contributed by atoms with van der Waals surface area (Å²) in [6.45, 7) is 1.21. The van der Waals surface area contributed by atoms with Gasteiger partial charge in [0.25, 0.3) is 0 Å². The van der Waals surface area contributed by atoms with E-state index < -0.39 is 0 Å². The van der Waals surface area contributed by atoms with Crippen LogP contribution in [0.15, 0.2) is 23.1 Å². The molecule has 6 heteroatoms. The summed E-state index contributed by atoms with van der Waals surface area (Å²) in [5, 5.41) is 7.46. The maximum Gasteiger partial charge on any atom is 0.335 e. The van der Waals surface area contributed by atoms with Crippen LogP contribution in [0, 0.1) is 0 Å². The molecule has 0 amide bonds. The van der Waals surface area contributed by atoms with E-state index in [-0.39, 0.29) is 0 Å². The Morgan fingerprint density at radius 3 is 3.17 bits per heavy atom. The highest BCUT2D eigenvalue weighted by molar-refractivity contribution is 5.13. The molecule has 2 aromatic heterocycles. The zero-order valence-electron chi connectivity index (χ0n) is 10.3. The van der Waals surface area contributed by atoms with Crippen molar-refractivity contribution in [3.05, 3.63) is 30.0 Å². The van der Waals surface area contributed by atoms with Gasteiger partial charge in [-0.2, -0.15) is 4.98 Å². The molecule has 0 bridgehead atoms. The van der Waals surface area contributed by atoms with E-state index >= 15 is 0 Å². The van der Waals surface area contributed by atoms with Gasteiger partial charge in [0.1, 0.15) is 18.7 Å². The van der Waals surface area contributed by atoms with Gasteiger partial charge >= 0.3 is 6.01 Å². The van der Waals surface area contributed by atoms with E-state index in [0.29, 0.717) is 18.7 Å². The van der Waals surface area contributed by atoms with E-state index in [1.54, 1.807) is 24.3 Å². The van der Waals surface area contributed by atoms with E-state index in [1.165, 1.54) is 12.8 Å². The molecule has 0 radical (unpaired) electrons. The van der Waals surface area contributed by atoms with Crippen LogP contribution in [0.4, 0.5) is 0 Å². The molecule has 0 atom stereocenters. The van der Waals surface area contributed by atoms with Crippen molar-refractivity contribution in [1.82, 2.24) is 20.1 Å². The molecule has 2 aromatic rings. The molecule has 0 unspecified atom stereocenters. The van der Waals surface area contributed by atoms with E-state index in [0.717, 1.165) is 17.9 Å². The zero-order valence-corrected chi connectivity index (χ0v) is 10.3. The predicted molar refractivity (Wildman–Crippen MR) is 63.9 cm³/mol. The largest absolute Gasteiger partial charge is 0.465 e. The van der Waals surface area contributed by atoms with Crippen molar-refractivity contribution in [3.63, 3.8) is 0 Å². The first kappa shape index (κ1) is 11.3. The second-order valence-electron chi connectivity index (χ2n) is 4.57. The van der Waals surface area contributed by atoms with Crippen LogP contribution in [0.2, 0.25) is 0 Å². The second-order valence-corrected chi connectivity index (χ2v) is 4.57. The zero-order chi connectivity index (χ0) is 12.4. The average Bonchev–Trinajstić information content (AvgIpc) is 2.93. The van der Waals surface area contributed by atoms with Crippen LogP contribution in [0.1, 0.15) is 24.2 Å². The first-order chi connectivity index (χ1) is 8.79. The summed E-state index contributed by atoms with van der Waals surface area (Å²) in [6, 6.07) is 3.07. The second kappa shape index (κ2) is 4.81. The molecule has 0 aromatic carbocycles. The van der Waals surface area contributed by atoms with Crippen LogP contribution in [0.5, 0.6) is 6.01 Å². The highest BCUT2D eigenvalue weighted by atomic mass is 16.5. The number of hydrogen-bond acceptors (Lipinski definition) is 5. The quantitative estimate of drug-likeness (QED) is 0.833. The van der Waals surface area contributed by atoms with Crippen molar-refractivity contribution >= 4 is 0 Å². The van der Waals surface area contributed by atoms with Crippen molar-refractivity contribution in [2.45, 2.75) is 32.0 Å². The van der Waals surface area contributed by atoms with Gasteiger partial charge < -0.3 is 14.5 Å². The van der Waals surface area contributed by atoms with Crippen molar-refractivity contribution in [2.75, 3.05) is 0 Å². The number of aryl methyl sites for hydroxylation is 1. The van der Waals surface area contributed by atoms with Crippen LogP contribution in [0.3, 0.4) is 0 Å². The van der Waals surface area contributed by atoms with Crippen molar-refractivity contribution in [3.8, 4) is 6.01 Å². The van der Waals surface area contributed by atoms with Gasteiger partial charge in [-0.25, -0.2) is 0 Å². The Kier molecular flexibility index (Phi) is 3.02. The molecule has 18 heavy (non-hydrogen) atoms.